The van der Waals surface area contributed by atoms with Crippen LogP contribution < -0.4 is 33.2 Å². The molecule has 0 saturated heterocycles. The molecule has 0 radical (unpaired) electrons. The number of hydrogen-bond acceptors (Lipinski definition) is 8. The zero-order chi connectivity index (χ0) is 24.3. The molecule has 0 fully saturated rings. The second-order valence-corrected chi connectivity index (χ2v) is 7.15. The molecule has 0 aliphatic carbocycles. The maximum atomic E-state index is 12.6. The van der Waals surface area contributed by atoms with Crippen LogP contribution in [0.1, 0.15) is 33.1 Å². The molecule has 0 rings (SSSR count). The van der Waals surface area contributed by atoms with Crippen LogP contribution in [0.15, 0.2) is 0 Å². The number of carboxylic acids is 1. The van der Waals surface area contributed by atoms with Gasteiger partial charge in [-0.15, -0.1) is 0 Å². The number of aliphatic carboxylic acids is 1. The maximum Gasteiger partial charge on any atom is 0.328 e. The number of aliphatic hydroxyl groups is 1. The molecule has 4 atom stereocenters. The molecular weight excluding hydrogens is 416 g/mol. The number of carbonyl (C=O) groups is 6. The SMILES string of the molecule is CC(C)C(N)C(=O)NC(CC(N)=O)C(=O)NC(CCC(N)=O)C(=O)NC(CO)C(=O)O. The normalized spacial score (nSPS) is 14.6. The lowest BCUT2D eigenvalue weighted by Gasteiger charge is -2.25. The van der Waals surface area contributed by atoms with Crippen LogP contribution in [-0.2, 0) is 28.8 Å². The number of nitrogens with two attached hydrogens (primary N) is 3. The Labute approximate surface area is 178 Å². The molecule has 176 valence electrons. The highest BCUT2D eigenvalue weighted by Gasteiger charge is 2.31. The van der Waals surface area contributed by atoms with Gasteiger partial charge < -0.3 is 43.4 Å². The molecule has 0 bridgehead atoms. The molecule has 0 aliphatic rings. The Balaban J connectivity index is 5.51. The van der Waals surface area contributed by atoms with Crippen molar-refractivity contribution in [2.45, 2.75) is 57.3 Å². The summed E-state index contributed by atoms with van der Waals surface area (Å²) in [5, 5.41) is 24.5. The van der Waals surface area contributed by atoms with Gasteiger partial charge in [0, 0.05) is 6.42 Å². The van der Waals surface area contributed by atoms with E-state index in [-0.39, 0.29) is 18.8 Å². The number of amides is 5. The Bertz CT molecular complexity index is 698. The molecule has 5 amide bonds. The van der Waals surface area contributed by atoms with Gasteiger partial charge in [0.2, 0.25) is 29.5 Å². The summed E-state index contributed by atoms with van der Waals surface area (Å²) in [7, 11) is 0. The first-order chi connectivity index (χ1) is 14.3. The fourth-order valence-corrected chi connectivity index (χ4v) is 2.27. The highest BCUT2D eigenvalue weighted by molar-refractivity contribution is 5.96. The fourth-order valence-electron chi connectivity index (χ4n) is 2.27. The molecule has 0 aromatic rings. The lowest BCUT2D eigenvalue weighted by atomic mass is 10.0. The topological polar surface area (TPSA) is 257 Å². The molecule has 0 aromatic carbocycles. The number of hydrogen-bond donors (Lipinski definition) is 8. The van der Waals surface area contributed by atoms with E-state index in [9.17, 15) is 28.8 Å². The van der Waals surface area contributed by atoms with Crippen LogP contribution in [0.3, 0.4) is 0 Å². The van der Waals surface area contributed by atoms with Crippen LogP contribution in [0.25, 0.3) is 0 Å². The van der Waals surface area contributed by atoms with Crippen molar-refractivity contribution in [1.29, 1.82) is 0 Å². The summed E-state index contributed by atoms with van der Waals surface area (Å²) in [6.07, 6.45) is -1.27. The van der Waals surface area contributed by atoms with Gasteiger partial charge >= 0.3 is 5.97 Å². The van der Waals surface area contributed by atoms with E-state index < -0.39 is 72.7 Å². The van der Waals surface area contributed by atoms with Crippen LogP contribution in [0.4, 0.5) is 0 Å². The van der Waals surface area contributed by atoms with Crippen molar-refractivity contribution in [2.75, 3.05) is 6.61 Å². The minimum Gasteiger partial charge on any atom is -0.480 e. The van der Waals surface area contributed by atoms with Gasteiger partial charge in [0.1, 0.15) is 18.1 Å². The molecule has 0 saturated carbocycles. The Morgan fingerprint density at radius 3 is 1.71 bits per heavy atom. The van der Waals surface area contributed by atoms with Crippen LogP contribution in [0.5, 0.6) is 0 Å². The van der Waals surface area contributed by atoms with Gasteiger partial charge in [0.15, 0.2) is 0 Å². The van der Waals surface area contributed by atoms with Crippen LogP contribution in [0.2, 0.25) is 0 Å². The second-order valence-electron chi connectivity index (χ2n) is 7.15. The summed E-state index contributed by atoms with van der Waals surface area (Å²) in [4.78, 5) is 70.6. The Morgan fingerprint density at radius 2 is 1.29 bits per heavy atom. The summed E-state index contributed by atoms with van der Waals surface area (Å²) < 4.78 is 0. The van der Waals surface area contributed by atoms with Gasteiger partial charge in [-0.25, -0.2) is 4.79 Å². The predicted octanol–water partition coefficient (Wildman–Crippen LogP) is -4.36. The summed E-state index contributed by atoms with van der Waals surface area (Å²) in [5.41, 5.74) is 15.9. The van der Waals surface area contributed by atoms with Gasteiger partial charge in [-0.2, -0.15) is 0 Å². The number of carbonyl (C=O) groups excluding carboxylic acids is 5. The van der Waals surface area contributed by atoms with Crippen LogP contribution in [0, 0.1) is 5.92 Å². The molecule has 4 unspecified atom stereocenters. The fraction of sp³-hybridized carbons (Fsp3) is 0.647. The standard InChI is InChI=1S/C17H30N6O8/c1-7(2)13(20)16(29)22-9(5-12(19)26)15(28)21-8(3-4-11(18)25)14(27)23-10(6-24)17(30)31/h7-10,13,24H,3-6,20H2,1-2H3,(H2,18,25)(H2,19,26)(H,21,28)(H,22,29)(H,23,27)(H,30,31). The Morgan fingerprint density at radius 1 is 0.806 bits per heavy atom. The van der Waals surface area contributed by atoms with Crippen molar-refractivity contribution in [3.63, 3.8) is 0 Å². The van der Waals surface area contributed by atoms with Gasteiger partial charge in [-0.3, -0.25) is 24.0 Å². The van der Waals surface area contributed by atoms with Crippen LogP contribution >= 0.6 is 0 Å². The number of primary amides is 2. The van der Waals surface area contributed by atoms with Crippen LogP contribution in [-0.4, -0.2) is 76.5 Å². The second kappa shape index (κ2) is 13.1. The quantitative estimate of drug-likeness (QED) is 0.128. The van der Waals surface area contributed by atoms with Gasteiger partial charge in [0.05, 0.1) is 19.1 Å². The summed E-state index contributed by atoms with van der Waals surface area (Å²) in [5.74, 6) is -6.30. The molecule has 14 heteroatoms. The number of aliphatic hydroxyl groups excluding tert-OH is 1. The third-order valence-electron chi connectivity index (χ3n) is 4.17. The van der Waals surface area contributed by atoms with Gasteiger partial charge in [0.25, 0.3) is 0 Å². The largest absolute Gasteiger partial charge is 0.480 e. The first-order valence-corrected chi connectivity index (χ1v) is 9.37. The van der Waals surface area contributed by atoms with Crippen molar-refractivity contribution < 1.29 is 39.0 Å². The molecule has 11 N–H and O–H groups in total. The molecule has 0 aliphatic heterocycles. The number of nitrogens with one attached hydrogen (secondary N) is 3. The zero-order valence-corrected chi connectivity index (χ0v) is 17.3. The molecule has 0 spiro atoms. The average molecular weight is 446 g/mol. The van der Waals surface area contributed by atoms with Crippen molar-refractivity contribution >= 4 is 35.5 Å². The van der Waals surface area contributed by atoms with E-state index in [0.29, 0.717) is 0 Å². The third-order valence-corrected chi connectivity index (χ3v) is 4.17. The molecule has 31 heavy (non-hydrogen) atoms. The smallest absolute Gasteiger partial charge is 0.328 e. The highest BCUT2D eigenvalue weighted by atomic mass is 16.4. The lowest BCUT2D eigenvalue weighted by molar-refractivity contribution is -0.143. The third kappa shape index (κ3) is 10.4. The number of carboxylic acid groups (broad SMARTS) is 1. The van der Waals surface area contributed by atoms with Crippen molar-refractivity contribution in [1.82, 2.24) is 16.0 Å². The average Bonchev–Trinajstić information content (AvgIpc) is 2.66. The summed E-state index contributed by atoms with van der Waals surface area (Å²) >= 11 is 0. The monoisotopic (exact) mass is 446 g/mol. The molecule has 0 aromatic heterocycles. The zero-order valence-electron chi connectivity index (χ0n) is 17.3. The molecule has 14 nitrogen and oxygen atoms in total. The van der Waals surface area contributed by atoms with E-state index in [0.717, 1.165) is 0 Å². The van der Waals surface area contributed by atoms with Crippen molar-refractivity contribution in [3.8, 4) is 0 Å². The number of rotatable bonds is 14. The van der Waals surface area contributed by atoms with Crippen molar-refractivity contribution in [3.05, 3.63) is 0 Å². The van der Waals surface area contributed by atoms with Crippen molar-refractivity contribution in [2.24, 2.45) is 23.1 Å². The minimum atomic E-state index is -1.66. The van der Waals surface area contributed by atoms with E-state index in [4.69, 9.17) is 27.4 Å². The highest BCUT2D eigenvalue weighted by Crippen LogP contribution is 2.04. The molecule has 0 heterocycles. The van der Waals surface area contributed by atoms with E-state index in [1.807, 2.05) is 5.32 Å². The maximum absolute atomic E-state index is 12.6. The predicted molar refractivity (Wildman–Crippen MR) is 106 cm³/mol. The first kappa shape index (κ1) is 27.7. The van der Waals surface area contributed by atoms with E-state index in [2.05, 4.69) is 10.6 Å². The molecular formula is C17H30N6O8. The van der Waals surface area contributed by atoms with Gasteiger partial charge in [-0.05, 0) is 12.3 Å². The van der Waals surface area contributed by atoms with E-state index >= 15 is 0 Å². The van der Waals surface area contributed by atoms with E-state index in [1.165, 1.54) is 0 Å². The summed E-state index contributed by atoms with van der Waals surface area (Å²) in [6.45, 7) is 2.40. The lowest BCUT2D eigenvalue weighted by Crippen LogP contribution is -2.58. The van der Waals surface area contributed by atoms with E-state index in [1.54, 1.807) is 13.8 Å². The first-order valence-electron chi connectivity index (χ1n) is 9.37. The Kier molecular flexibility index (Phi) is 11.7. The van der Waals surface area contributed by atoms with Gasteiger partial charge in [-0.1, -0.05) is 13.8 Å². The Hall–Kier alpha value is -3.26. The minimum absolute atomic E-state index is 0.280. The summed E-state index contributed by atoms with van der Waals surface area (Å²) in [6, 6.07) is -5.59.